The van der Waals surface area contributed by atoms with Crippen LogP contribution in [0.1, 0.15) is 5.82 Å². The minimum atomic E-state index is -4.28. The Bertz CT molecular complexity index is 1800. The van der Waals surface area contributed by atoms with Crippen molar-refractivity contribution >= 4 is 39.4 Å². The molecule has 0 bridgehead atoms. The number of hydrogen-bond acceptors (Lipinski definition) is 13. The number of amides is 1. The van der Waals surface area contributed by atoms with Crippen LogP contribution in [0.25, 0.3) is 0 Å². The van der Waals surface area contributed by atoms with Gasteiger partial charge >= 0.3 is 6.09 Å². The van der Waals surface area contributed by atoms with Gasteiger partial charge in [-0.05, 0) is 36.4 Å². The Morgan fingerprint density at radius 3 is 2.63 bits per heavy atom. The van der Waals surface area contributed by atoms with Crippen molar-refractivity contribution in [2.24, 2.45) is 0 Å². The number of nitrogens with zero attached hydrogens (tertiary/aromatic N) is 3. The Balaban J connectivity index is 1.46. The lowest BCUT2D eigenvalue weighted by Gasteiger charge is -2.18. The molecule has 0 spiro atoms. The molecule has 0 atom stereocenters. The summed E-state index contributed by atoms with van der Waals surface area (Å²) < 4.78 is 67.9. The van der Waals surface area contributed by atoms with E-state index in [1.807, 2.05) is 0 Å². The van der Waals surface area contributed by atoms with Crippen LogP contribution in [0.5, 0.6) is 34.6 Å². The van der Waals surface area contributed by atoms with E-state index in [0.717, 1.165) is 0 Å². The lowest BCUT2D eigenvalue weighted by atomic mass is 10.3. The first-order valence-electron chi connectivity index (χ1n) is 13.6. The molecule has 17 heteroatoms. The number of halogens is 1. The Morgan fingerprint density at radius 2 is 1.85 bits per heavy atom. The zero-order chi connectivity index (χ0) is 32.5. The summed E-state index contributed by atoms with van der Waals surface area (Å²) in [5.41, 5.74) is 0. The minimum absolute atomic E-state index is 0.0322. The lowest BCUT2D eigenvalue weighted by Crippen LogP contribution is -2.19. The number of aromatic nitrogens is 3. The number of hydrogen-bond donors (Lipinski definition) is 2. The third-order valence-corrected chi connectivity index (χ3v) is 7.75. The third-order valence-electron chi connectivity index (χ3n) is 6.10. The van der Waals surface area contributed by atoms with Crippen LogP contribution in [0.4, 0.5) is 16.4 Å². The van der Waals surface area contributed by atoms with E-state index in [1.165, 1.54) is 50.7 Å². The van der Waals surface area contributed by atoms with E-state index in [2.05, 4.69) is 25.0 Å². The van der Waals surface area contributed by atoms with E-state index in [1.54, 1.807) is 24.3 Å². The molecule has 1 amide bonds. The molecule has 15 nitrogen and oxygen atoms in total. The van der Waals surface area contributed by atoms with Crippen molar-refractivity contribution in [3.05, 3.63) is 71.6 Å². The molecule has 4 aromatic rings. The van der Waals surface area contributed by atoms with Crippen molar-refractivity contribution in [3.63, 3.8) is 0 Å². The molecule has 0 aliphatic carbocycles. The van der Waals surface area contributed by atoms with Crippen LogP contribution in [0.2, 0.25) is 5.02 Å². The quantitative estimate of drug-likeness (QED) is 0.177. The number of methoxy groups -OCH3 is 2. The molecule has 1 aliphatic rings. The van der Waals surface area contributed by atoms with Gasteiger partial charge in [0.1, 0.15) is 36.4 Å². The molecular formula is C29H28ClN5O10S. The topological polar surface area (TPSA) is 179 Å². The SMILES string of the molecule is COCCc1nc(NS(=O)(=O)c2ccc3c(c2)OCO3)c(Oc2cc(OC)ccc2Cl)c(OCCOC(=O)Nc2ccccn2)n1. The van der Waals surface area contributed by atoms with Gasteiger partial charge in [-0.1, -0.05) is 17.7 Å². The van der Waals surface area contributed by atoms with Crippen molar-refractivity contribution in [1.82, 2.24) is 15.0 Å². The summed E-state index contributed by atoms with van der Waals surface area (Å²) in [6.45, 7) is -0.233. The Morgan fingerprint density at radius 1 is 1.00 bits per heavy atom. The normalized spacial score (nSPS) is 11.9. The lowest BCUT2D eigenvalue weighted by molar-refractivity contribution is 0.135. The zero-order valence-corrected chi connectivity index (χ0v) is 26.1. The largest absolute Gasteiger partial charge is 0.497 e. The van der Waals surface area contributed by atoms with E-state index in [9.17, 15) is 13.2 Å². The maximum absolute atomic E-state index is 13.6. The van der Waals surface area contributed by atoms with Crippen LogP contribution < -0.4 is 33.7 Å². The first-order valence-corrected chi connectivity index (χ1v) is 15.4. The molecule has 46 heavy (non-hydrogen) atoms. The van der Waals surface area contributed by atoms with Crippen molar-refractivity contribution in [3.8, 4) is 34.6 Å². The summed E-state index contributed by atoms with van der Waals surface area (Å²) in [7, 11) is -1.32. The van der Waals surface area contributed by atoms with Gasteiger partial charge in [0.25, 0.3) is 15.9 Å². The van der Waals surface area contributed by atoms with Crippen LogP contribution in [0.3, 0.4) is 0 Å². The first-order chi connectivity index (χ1) is 22.3. The van der Waals surface area contributed by atoms with Gasteiger partial charge in [-0.25, -0.2) is 23.2 Å². The molecule has 0 saturated heterocycles. The second kappa shape index (κ2) is 14.8. The Kier molecular flexibility index (Phi) is 10.4. The average Bonchev–Trinajstić information content (AvgIpc) is 3.53. The van der Waals surface area contributed by atoms with Gasteiger partial charge in [-0.3, -0.25) is 10.0 Å². The number of benzene rings is 2. The number of anilines is 2. The van der Waals surface area contributed by atoms with Crippen LogP contribution >= 0.6 is 11.6 Å². The van der Waals surface area contributed by atoms with Gasteiger partial charge < -0.3 is 33.2 Å². The number of carbonyl (C=O) groups excluding carboxylic acids is 1. The van der Waals surface area contributed by atoms with Gasteiger partial charge in [0.05, 0.1) is 23.6 Å². The fourth-order valence-electron chi connectivity index (χ4n) is 3.92. The van der Waals surface area contributed by atoms with E-state index >= 15 is 0 Å². The molecule has 242 valence electrons. The molecule has 1 aliphatic heterocycles. The molecule has 0 unspecified atom stereocenters. The predicted molar refractivity (Wildman–Crippen MR) is 164 cm³/mol. The fourth-order valence-corrected chi connectivity index (χ4v) is 5.09. The molecule has 0 fully saturated rings. The predicted octanol–water partition coefficient (Wildman–Crippen LogP) is 4.67. The molecule has 5 rings (SSSR count). The van der Waals surface area contributed by atoms with Crippen LogP contribution in [0.15, 0.2) is 65.7 Å². The highest BCUT2D eigenvalue weighted by molar-refractivity contribution is 7.92. The second-order valence-corrected chi connectivity index (χ2v) is 11.3. The molecule has 2 aromatic carbocycles. The molecule has 2 aromatic heterocycles. The minimum Gasteiger partial charge on any atom is -0.497 e. The highest BCUT2D eigenvalue weighted by Crippen LogP contribution is 2.41. The van der Waals surface area contributed by atoms with Crippen LogP contribution in [-0.2, 0) is 25.9 Å². The van der Waals surface area contributed by atoms with E-state index in [0.29, 0.717) is 17.3 Å². The first kappa shape index (κ1) is 32.3. The number of sulfonamides is 1. The highest BCUT2D eigenvalue weighted by Gasteiger charge is 2.26. The van der Waals surface area contributed by atoms with Gasteiger partial charge in [-0.2, -0.15) is 4.98 Å². The summed E-state index contributed by atoms with van der Waals surface area (Å²) >= 11 is 6.41. The van der Waals surface area contributed by atoms with Gasteiger partial charge in [0.2, 0.25) is 12.5 Å². The van der Waals surface area contributed by atoms with Gasteiger partial charge in [-0.15, -0.1) is 0 Å². The molecule has 3 heterocycles. The summed E-state index contributed by atoms with van der Waals surface area (Å²) in [6, 6.07) is 13.8. The number of rotatable bonds is 14. The summed E-state index contributed by atoms with van der Waals surface area (Å²) in [6.07, 6.45) is 0.945. The summed E-state index contributed by atoms with van der Waals surface area (Å²) in [5, 5.41) is 2.66. The monoisotopic (exact) mass is 673 g/mol. The summed E-state index contributed by atoms with van der Waals surface area (Å²) in [4.78, 5) is 24.9. The van der Waals surface area contributed by atoms with E-state index in [-0.39, 0.29) is 77.7 Å². The average molecular weight is 674 g/mol. The van der Waals surface area contributed by atoms with E-state index < -0.39 is 16.1 Å². The maximum Gasteiger partial charge on any atom is 0.412 e. The molecule has 0 radical (unpaired) electrons. The molecular weight excluding hydrogens is 646 g/mol. The Labute approximate surface area is 268 Å². The number of ether oxygens (including phenoxy) is 7. The number of pyridine rings is 1. The van der Waals surface area contributed by atoms with Crippen LogP contribution in [0, 0.1) is 0 Å². The number of nitrogens with one attached hydrogen (secondary N) is 2. The van der Waals surface area contributed by atoms with Crippen molar-refractivity contribution in [2.75, 3.05) is 50.9 Å². The highest BCUT2D eigenvalue weighted by atomic mass is 35.5. The third kappa shape index (κ3) is 8.15. The molecule has 0 saturated carbocycles. The van der Waals surface area contributed by atoms with Crippen molar-refractivity contribution in [2.45, 2.75) is 11.3 Å². The second-order valence-electron chi connectivity index (χ2n) is 9.21. The Hall–Kier alpha value is -5.06. The number of fused-ring (bicyclic) bond motifs is 1. The number of carbonyl (C=O) groups is 1. The van der Waals surface area contributed by atoms with Gasteiger partial charge in [0, 0.05) is 31.9 Å². The summed E-state index contributed by atoms with van der Waals surface area (Å²) in [5.74, 6) is 0.990. The van der Waals surface area contributed by atoms with E-state index in [4.69, 9.17) is 44.8 Å². The molecule has 2 N–H and O–H groups in total. The van der Waals surface area contributed by atoms with Crippen molar-refractivity contribution in [1.29, 1.82) is 0 Å². The zero-order valence-electron chi connectivity index (χ0n) is 24.5. The maximum atomic E-state index is 13.6. The smallest absolute Gasteiger partial charge is 0.412 e. The standard InChI is InChI=1S/C29H28ClN5O10S/c1-39-12-10-25-32-27(35-46(37,38)19-7-9-21-23(16-19)44-17-43-21)26(45-22-15-18(40-2)6-8-20(22)30)28(33-25)41-13-14-42-29(36)34-24-5-3-4-11-31-24/h3-9,11,15-16H,10,12-14,17H2,1-2H3,(H,31,34,36)(H,32,33,35). The van der Waals surface area contributed by atoms with Gasteiger partial charge in [0.15, 0.2) is 17.3 Å². The van der Waals surface area contributed by atoms with Crippen LogP contribution in [-0.4, -0.2) is 70.3 Å². The van der Waals surface area contributed by atoms with Crippen molar-refractivity contribution < 1.29 is 46.4 Å². The fraction of sp³-hybridized carbons (Fsp3) is 0.241.